The van der Waals surface area contributed by atoms with E-state index in [0.29, 0.717) is 5.69 Å². The van der Waals surface area contributed by atoms with Gasteiger partial charge in [0.1, 0.15) is 6.54 Å². The Hall–Kier alpha value is -0.800. The predicted octanol–water partition coefficient (Wildman–Crippen LogP) is 1.87. The first-order valence-electron chi connectivity index (χ1n) is 4.23. The van der Waals surface area contributed by atoms with Crippen LogP contribution in [-0.4, -0.2) is 21.1 Å². The van der Waals surface area contributed by atoms with Crippen LogP contribution < -0.4 is 10.5 Å². The standard InChI is InChI=1S/C8H8BrF3N2O2S/c9-6-3-5(13)1-2-7(6)17(15,16)14-4-8(10,11)12/h1-3,14H,4,13H2. The van der Waals surface area contributed by atoms with E-state index in [1.807, 2.05) is 0 Å². The number of benzene rings is 1. The van der Waals surface area contributed by atoms with Crippen LogP contribution in [0.25, 0.3) is 0 Å². The van der Waals surface area contributed by atoms with Crippen LogP contribution >= 0.6 is 15.9 Å². The maximum atomic E-state index is 11.9. The zero-order chi connectivity index (χ0) is 13.3. The highest BCUT2D eigenvalue weighted by Crippen LogP contribution is 2.24. The topological polar surface area (TPSA) is 72.2 Å². The van der Waals surface area contributed by atoms with Crippen LogP contribution in [0.2, 0.25) is 0 Å². The second-order valence-electron chi connectivity index (χ2n) is 3.13. The lowest BCUT2D eigenvalue weighted by Crippen LogP contribution is -2.33. The summed E-state index contributed by atoms with van der Waals surface area (Å²) in [4.78, 5) is -0.295. The van der Waals surface area contributed by atoms with Gasteiger partial charge < -0.3 is 5.73 Å². The van der Waals surface area contributed by atoms with Crippen LogP contribution in [-0.2, 0) is 10.0 Å². The van der Waals surface area contributed by atoms with Crippen molar-refractivity contribution in [2.75, 3.05) is 12.3 Å². The normalized spacial score (nSPS) is 12.7. The van der Waals surface area contributed by atoms with Crippen molar-refractivity contribution in [1.29, 1.82) is 0 Å². The van der Waals surface area contributed by atoms with Gasteiger partial charge in [-0.1, -0.05) is 0 Å². The average Bonchev–Trinajstić information content (AvgIpc) is 2.13. The van der Waals surface area contributed by atoms with Crippen molar-refractivity contribution in [3.05, 3.63) is 22.7 Å². The fraction of sp³-hybridized carbons (Fsp3) is 0.250. The summed E-state index contributed by atoms with van der Waals surface area (Å²) in [6.45, 7) is -1.62. The summed E-state index contributed by atoms with van der Waals surface area (Å²) in [5.41, 5.74) is 5.69. The van der Waals surface area contributed by atoms with Gasteiger partial charge in [-0.2, -0.15) is 13.2 Å². The highest BCUT2D eigenvalue weighted by atomic mass is 79.9. The molecule has 0 bridgehead atoms. The van der Waals surface area contributed by atoms with Crippen LogP contribution in [0.15, 0.2) is 27.6 Å². The van der Waals surface area contributed by atoms with E-state index in [0.717, 1.165) is 6.07 Å². The minimum atomic E-state index is -4.60. The summed E-state index contributed by atoms with van der Waals surface area (Å²) < 4.78 is 60.3. The molecule has 0 aliphatic carbocycles. The van der Waals surface area contributed by atoms with E-state index in [2.05, 4.69) is 15.9 Å². The SMILES string of the molecule is Nc1ccc(S(=O)(=O)NCC(F)(F)F)c(Br)c1. The van der Waals surface area contributed by atoms with E-state index in [1.54, 1.807) is 0 Å². The lowest BCUT2D eigenvalue weighted by atomic mass is 10.3. The Kier molecular flexibility index (Phi) is 4.05. The smallest absolute Gasteiger partial charge is 0.399 e. The van der Waals surface area contributed by atoms with E-state index >= 15 is 0 Å². The van der Waals surface area contributed by atoms with Gasteiger partial charge in [-0.3, -0.25) is 0 Å². The molecule has 0 aromatic heterocycles. The molecule has 4 nitrogen and oxygen atoms in total. The van der Waals surface area contributed by atoms with Gasteiger partial charge in [0.05, 0.1) is 4.90 Å². The third-order valence-electron chi connectivity index (χ3n) is 1.71. The molecule has 1 rings (SSSR count). The van der Waals surface area contributed by atoms with Gasteiger partial charge in [0.15, 0.2) is 0 Å². The summed E-state index contributed by atoms with van der Waals surface area (Å²) in [6, 6.07) is 3.70. The van der Waals surface area contributed by atoms with Crippen molar-refractivity contribution in [3.63, 3.8) is 0 Å². The van der Waals surface area contributed by atoms with E-state index < -0.39 is 22.7 Å². The van der Waals surface area contributed by atoms with Crippen LogP contribution in [0, 0.1) is 0 Å². The molecular weight excluding hydrogens is 325 g/mol. The minimum absolute atomic E-state index is 0.104. The zero-order valence-corrected chi connectivity index (χ0v) is 10.7. The maximum absolute atomic E-state index is 11.9. The second-order valence-corrected chi connectivity index (χ2v) is 5.72. The lowest BCUT2D eigenvalue weighted by Gasteiger charge is -2.10. The van der Waals surface area contributed by atoms with Crippen molar-refractivity contribution in [1.82, 2.24) is 4.72 Å². The number of nitrogens with one attached hydrogen (secondary N) is 1. The molecular formula is C8H8BrF3N2O2S. The van der Waals surface area contributed by atoms with Crippen molar-refractivity contribution < 1.29 is 21.6 Å². The first-order valence-corrected chi connectivity index (χ1v) is 6.51. The molecule has 96 valence electrons. The number of alkyl halides is 3. The lowest BCUT2D eigenvalue weighted by molar-refractivity contribution is -0.121. The third kappa shape index (κ3) is 4.17. The monoisotopic (exact) mass is 332 g/mol. The summed E-state index contributed by atoms with van der Waals surface area (Å²) in [5, 5.41) is 0. The molecule has 1 aromatic carbocycles. The first-order chi connectivity index (χ1) is 7.62. The molecule has 0 spiro atoms. The van der Waals surface area contributed by atoms with E-state index in [4.69, 9.17) is 5.73 Å². The van der Waals surface area contributed by atoms with Crippen molar-refractivity contribution in [2.24, 2.45) is 0 Å². The molecule has 0 atom stereocenters. The van der Waals surface area contributed by atoms with Crippen LogP contribution in [0.3, 0.4) is 0 Å². The highest BCUT2D eigenvalue weighted by Gasteiger charge is 2.30. The van der Waals surface area contributed by atoms with Crippen LogP contribution in [0.4, 0.5) is 18.9 Å². The number of nitrogen functional groups attached to an aromatic ring is 1. The number of halogens is 4. The number of rotatable bonds is 3. The van der Waals surface area contributed by atoms with E-state index in [-0.39, 0.29) is 9.37 Å². The summed E-state index contributed by atoms with van der Waals surface area (Å²) in [6.07, 6.45) is -4.60. The summed E-state index contributed by atoms with van der Waals surface area (Å²) >= 11 is 2.92. The van der Waals surface area contributed by atoms with Crippen molar-refractivity contribution in [2.45, 2.75) is 11.1 Å². The number of sulfonamides is 1. The summed E-state index contributed by atoms with van der Waals surface area (Å²) in [7, 11) is -4.21. The van der Waals surface area contributed by atoms with Gasteiger partial charge in [0.25, 0.3) is 0 Å². The number of nitrogens with two attached hydrogens (primary N) is 1. The molecule has 0 heterocycles. The predicted molar refractivity (Wildman–Crippen MR) is 59.8 cm³/mol. The number of hydrogen-bond acceptors (Lipinski definition) is 3. The molecule has 0 fully saturated rings. The van der Waals surface area contributed by atoms with Gasteiger partial charge in [0.2, 0.25) is 10.0 Å². The molecule has 0 unspecified atom stereocenters. The molecule has 9 heteroatoms. The summed E-state index contributed by atoms with van der Waals surface area (Å²) in [5.74, 6) is 0. The Balaban J connectivity index is 2.98. The van der Waals surface area contributed by atoms with Gasteiger partial charge >= 0.3 is 6.18 Å². The highest BCUT2D eigenvalue weighted by molar-refractivity contribution is 9.10. The molecule has 17 heavy (non-hydrogen) atoms. The second kappa shape index (κ2) is 4.83. The third-order valence-corrected chi connectivity index (χ3v) is 4.09. The molecule has 1 aromatic rings. The molecule has 0 aliphatic heterocycles. The number of anilines is 1. The van der Waals surface area contributed by atoms with E-state index in [1.165, 1.54) is 16.9 Å². The Morgan fingerprint density at radius 1 is 1.35 bits per heavy atom. The zero-order valence-electron chi connectivity index (χ0n) is 8.25. The molecule has 0 saturated heterocycles. The van der Waals surface area contributed by atoms with Gasteiger partial charge in [0, 0.05) is 10.2 Å². The fourth-order valence-corrected chi connectivity index (χ4v) is 3.10. The van der Waals surface area contributed by atoms with Crippen LogP contribution in [0.5, 0.6) is 0 Å². The number of hydrogen-bond donors (Lipinski definition) is 2. The molecule has 0 amide bonds. The Labute approximate surface area is 104 Å². The first kappa shape index (κ1) is 14.3. The largest absolute Gasteiger partial charge is 0.402 e. The van der Waals surface area contributed by atoms with Gasteiger partial charge in [-0.05, 0) is 34.1 Å². The Morgan fingerprint density at radius 2 is 1.94 bits per heavy atom. The van der Waals surface area contributed by atoms with Crippen LogP contribution in [0.1, 0.15) is 0 Å². The van der Waals surface area contributed by atoms with E-state index in [9.17, 15) is 21.6 Å². The Bertz CT molecular complexity index is 516. The van der Waals surface area contributed by atoms with Gasteiger partial charge in [-0.15, -0.1) is 0 Å². The molecule has 0 saturated carbocycles. The molecule has 0 radical (unpaired) electrons. The fourth-order valence-electron chi connectivity index (χ4n) is 0.990. The maximum Gasteiger partial charge on any atom is 0.402 e. The minimum Gasteiger partial charge on any atom is -0.399 e. The molecule has 3 N–H and O–H groups in total. The van der Waals surface area contributed by atoms with Gasteiger partial charge in [-0.25, -0.2) is 13.1 Å². The Morgan fingerprint density at radius 3 is 2.41 bits per heavy atom. The van der Waals surface area contributed by atoms with Crippen molar-refractivity contribution in [3.8, 4) is 0 Å². The van der Waals surface area contributed by atoms with Crippen molar-refractivity contribution >= 4 is 31.6 Å². The molecule has 0 aliphatic rings. The average molecular weight is 333 g/mol. The quantitative estimate of drug-likeness (QED) is 0.830.